The van der Waals surface area contributed by atoms with Gasteiger partial charge in [0, 0.05) is 22.3 Å². The molecule has 0 aliphatic heterocycles. The highest BCUT2D eigenvalue weighted by Crippen LogP contribution is 2.31. The maximum absolute atomic E-state index is 12.1. The quantitative estimate of drug-likeness (QED) is 0.388. The standard InChI is InChI=1S/C21H16Cl2N2O2S/c1-13-4-2-3-5-18(13)24-21(28)25-20(26)11-8-15-7-10-19(27-15)16-9-6-14(22)12-17(16)23/h2-12H,1H3,(H2,24,25,26,28)/b11-8+. The maximum Gasteiger partial charge on any atom is 0.250 e. The van der Waals surface area contributed by atoms with Crippen molar-refractivity contribution in [3.63, 3.8) is 0 Å². The van der Waals surface area contributed by atoms with Gasteiger partial charge < -0.3 is 9.73 Å². The van der Waals surface area contributed by atoms with E-state index in [1.807, 2.05) is 31.2 Å². The smallest absolute Gasteiger partial charge is 0.250 e. The Morgan fingerprint density at radius 3 is 2.64 bits per heavy atom. The van der Waals surface area contributed by atoms with E-state index in [1.54, 1.807) is 36.4 Å². The number of carbonyl (C=O) groups is 1. The lowest BCUT2D eigenvalue weighted by molar-refractivity contribution is -0.115. The van der Waals surface area contributed by atoms with Crippen molar-refractivity contribution in [2.45, 2.75) is 6.92 Å². The third-order valence-corrected chi connectivity index (χ3v) is 4.60. The van der Waals surface area contributed by atoms with Crippen LogP contribution in [0.4, 0.5) is 5.69 Å². The minimum atomic E-state index is -0.367. The third-order valence-electron chi connectivity index (χ3n) is 3.85. The van der Waals surface area contributed by atoms with Gasteiger partial charge in [-0.15, -0.1) is 0 Å². The molecule has 0 saturated carbocycles. The summed E-state index contributed by atoms with van der Waals surface area (Å²) < 4.78 is 5.71. The van der Waals surface area contributed by atoms with Crippen LogP contribution in [-0.4, -0.2) is 11.0 Å². The first-order valence-electron chi connectivity index (χ1n) is 8.33. The highest BCUT2D eigenvalue weighted by atomic mass is 35.5. The zero-order chi connectivity index (χ0) is 20.1. The van der Waals surface area contributed by atoms with Crippen molar-refractivity contribution in [1.82, 2.24) is 5.32 Å². The number of benzene rings is 2. The van der Waals surface area contributed by atoms with Crippen LogP contribution in [0.25, 0.3) is 17.4 Å². The Balaban J connectivity index is 1.61. The lowest BCUT2D eigenvalue weighted by Crippen LogP contribution is -2.33. The Bertz CT molecular complexity index is 1060. The van der Waals surface area contributed by atoms with Gasteiger partial charge >= 0.3 is 0 Å². The molecule has 0 bridgehead atoms. The Kier molecular flexibility index (Phi) is 6.52. The topological polar surface area (TPSA) is 54.3 Å². The maximum atomic E-state index is 12.1. The van der Waals surface area contributed by atoms with Gasteiger partial charge in [-0.3, -0.25) is 10.1 Å². The molecule has 0 saturated heterocycles. The summed E-state index contributed by atoms with van der Waals surface area (Å²) in [5.74, 6) is 0.723. The number of para-hydroxylation sites is 1. The fourth-order valence-corrected chi connectivity index (χ4v) is 3.17. The molecule has 3 aromatic rings. The van der Waals surface area contributed by atoms with E-state index in [0.29, 0.717) is 21.6 Å². The van der Waals surface area contributed by atoms with Crippen LogP contribution in [0.5, 0.6) is 0 Å². The summed E-state index contributed by atoms with van der Waals surface area (Å²) in [7, 11) is 0. The number of aryl methyl sites for hydroxylation is 1. The van der Waals surface area contributed by atoms with Crippen LogP contribution in [0.3, 0.4) is 0 Å². The molecule has 0 fully saturated rings. The number of rotatable bonds is 4. The summed E-state index contributed by atoms with van der Waals surface area (Å²) >= 11 is 17.3. The lowest BCUT2D eigenvalue weighted by atomic mass is 10.2. The molecule has 2 N–H and O–H groups in total. The van der Waals surface area contributed by atoms with Crippen molar-refractivity contribution in [1.29, 1.82) is 0 Å². The van der Waals surface area contributed by atoms with Gasteiger partial charge in [-0.25, -0.2) is 0 Å². The number of hydrogen-bond donors (Lipinski definition) is 2. The van der Waals surface area contributed by atoms with Crippen molar-refractivity contribution < 1.29 is 9.21 Å². The number of nitrogens with one attached hydrogen (secondary N) is 2. The number of amides is 1. The van der Waals surface area contributed by atoms with Crippen molar-refractivity contribution in [3.8, 4) is 11.3 Å². The molecule has 1 heterocycles. The van der Waals surface area contributed by atoms with Crippen LogP contribution in [0, 0.1) is 6.92 Å². The number of furan rings is 1. The SMILES string of the molecule is Cc1ccccc1NC(=S)NC(=O)/C=C/c1ccc(-c2ccc(Cl)cc2Cl)o1. The minimum absolute atomic E-state index is 0.219. The van der Waals surface area contributed by atoms with Gasteiger partial charge in [-0.05, 0) is 67.2 Å². The number of halogens is 2. The lowest BCUT2D eigenvalue weighted by Gasteiger charge is -2.10. The Labute approximate surface area is 178 Å². The van der Waals surface area contributed by atoms with E-state index in [-0.39, 0.29) is 11.0 Å². The van der Waals surface area contributed by atoms with Gasteiger partial charge in [0.2, 0.25) is 5.91 Å². The Morgan fingerprint density at radius 1 is 1.11 bits per heavy atom. The summed E-state index contributed by atoms with van der Waals surface area (Å²) in [6.07, 6.45) is 2.90. The van der Waals surface area contributed by atoms with Gasteiger partial charge in [-0.1, -0.05) is 41.4 Å². The molecular weight excluding hydrogens is 415 g/mol. The molecule has 4 nitrogen and oxygen atoms in total. The minimum Gasteiger partial charge on any atom is -0.457 e. The van der Waals surface area contributed by atoms with E-state index in [4.69, 9.17) is 39.8 Å². The first-order valence-corrected chi connectivity index (χ1v) is 9.50. The van der Waals surface area contributed by atoms with Crippen molar-refractivity contribution in [3.05, 3.63) is 82.0 Å². The number of hydrogen-bond acceptors (Lipinski definition) is 3. The molecule has 0 unspecified atom stereocenters. The molecule has 0 atom stereocenters. The van der Waals surface area contributed by atoms with Crippen molar-refractivity contribution in [2.75, 3.05) is 5.32 Å². The monoisotopic (exact) mass is 430 g/mol. The van der Waals surface area contributed by atoms with E-state index in [0.717, 1.165) is 16.8 Å². The second-order valence-electron chi connectivity index (χ2n) is 5.92. The second kappa shape index (κ2) is 9.06. The first kappa shape index (κ1) is 20.1. The predicted octanol–water partition coefficient (Wildman–Crippen LogP) is 6.09. The molecule has 0 spiro atoms. The van der Waals surface area contributed by atoms with E-state index < -0.39 is 0 Å². The average molecular weight is 431 g/mol. The van der Waals surface area contributed by atoms with Gasteiger partial charge in [0.25, 0.3) is 0 Å². The predicted molar refractivity (Wildman–Crippen MR) is 119 cm³/mol. The Morgan fingerprint density at radius 2 is 1.89 bits per heavy atom. The molecular formula is C21H16Cl2N2O2S. The average Bonchev–Trinajstić information content (AvgIpc) is 3.10. The van der Waals surface area contributed by atoms with E-state index in [2.05, 4.69) is 10.6 Å². The number of thiocarbonyl (C=S) groups is 1. The molecule has 7 heteroatoms. The van der Waals surface area contributed by atoms with Crippen LogP contribution in [0.1, 0.15) is 11.3 Å². The molecule has 1 amide bonds. The van der Waals surface area contributed by atoms with Gasteiger partial charge in [0.15, 0.2) is 5.11 Å². The van der Waals surface area contributed by atoms with Crippen LogP contribution in [0.15, 0.2) is 65.1 Å². The summed E-state index contributed by atoms with van der Waals surface area (Å²) in [6.45, 7) is 1.95. The van der Waals surface area contributed by atoms with Crippen LogP contribution in [-0.2, 0) is 4.79 Å². The van der Waals surface area contributed by atoms with Crippen molar-refractivity contribution >= 4 is 58.2 Å². The van der Waals surface area contributed by atoms with Crippen LogP contribution >= 0.6 is 35.4 Å². The summed E-state index contributed by atoms with van der Waals surface area (Å²) in [5.41, 5.74) is 2.59. The largest absolute Gasteiger partial charge is 0.457 e. The van der Waals surface area contributed by atoms with Gasteiger partial charge in [0.05, 0.1) is 5.02 Å². The normalized spacial score (nSPS) is 10.8. The van der Waals surface area contributed by atoms with Gasteiger partial charge in [0.1, 0.15) is 11.5 Å². The van der Waals surface area contributed by atoms with Crippen molar-refractivity contribution in [2.24, 2.45) is 0 Å². The first-order chi connectivity index (χ1) is 13.4. The van der Waals surface area contributed by atoms with Gasteiger partial charge in [-0.2, -0.15) is 0 Å². The van der Waals surface area contributed by atoms with E-state index >= 15 is 0 Å². The molecule has 0 aliphatic carbocycles. The molecule has 142 valence electrons. The molecule has 3 rings (SSSR count). The molecule has 0 aliphatic rings. The number of carbonyl (C=O) groups excluding carboxylic acids is 1. The highest BCUT2D eigenvalue weighted by molar-refractivity contribution is 7.80. The van der Waals surface area contributed by atoms with E-state index in [1.165, 1.54) is 6.08 Å². The molecule has 28 heavy (non-hydrogen) atoms. The fourth-order valence-electron chi connectivity index (χ4n) is 2.45. The van der Waals surface area contributed by atoms with Crippen LogP contribution in [0.2, 0.25) is 10.0 Å². The van der Waals surface area contributed by atoms with E-state index in [9.17, 15) is 4.79 Å². The zero-order valence-electron chi connectivity index (χ0n) is 14.8. The molecule has 0 radical (unpaired) electrons. The highest BCUT2D eigenvalue weighted by Gasteiger charge is 2.09. The summed E-state index contributed by atoms with van der Waals surface area (Å²) in [4.78, 5) is 12.1. The van der Waals surface area contributed by atoms with Crippen LogP contribution < -0.4 is 10.6 Å². The molecule has 1 aromatic heterocycles. The Hall–Kier alpha value is -2.60. The summed E-state index contributed by atoms with van der Waals surface area (Å²) in [6, 6.07) is 16.3. The fraction of sp³-hybridized carbons (Fsp3) is 0.0476. The number of anilines is 1. The third kappa shape index (κ3) is 5.23. The second-order valence-corrected chi connectivity index (χ2v) is 7.17. The zero-order valence-corrected chi connectivity index (χ0v) is 17.2. The molecule has 2 aromatic carbocycles. The summed E-state index contributed by atoms with van der Waals surface area (Å²) in [5, 5.41) is 6.85.